The second kappa shape index (κ2) is 5.84. The summed E-state index contributed by atoms with van der Waals surface area (Å²) in [5, 5.41) is 4.08. The lowest BCUT2D eigenvalue weighted by molar-refractivity contribution is 0.104. The molecule has 0 N–H and O–H groups in total. The number of methoxy groups -OCH3 is 1. The maximum absolute atomic E-state index is 12.0. The van der Waals surface area contributed by atoms with Gasteiger partial charge in [-0.25, -0.2) is 0 Å². The van der Waals surface area contributed by atoms with Gasteiger partial charge >= 0.3 is 0 Å². The minimum absolute atomic E-state index is 0.0595. The van der Waals surface area contributed by atoms with Gasteiger partial charge in [-0.05, 0) is 52.3 Å². The van der Waals surface area contributed by atoms with E-state index in [1.54, 1.807) is 48.3 Å². The van der Waals surface area contributed by atoms with Crippen LogP contribution in [0, 0.1) is 0 Å². The molecule has 0 spiro atoms. The van der Waals surface area contributed by atoms with Crippen molar-refractivity contribution in [2.24, 2.45) is 7.05 Å². The first-order valence-corrected chi connectivity index (χ1v) is 6.45. The fourth-order valence-corrected chi connectivity index (χ4v) is 2.09. The quantitative estimate of drug-likeness (QED) is 0.642. The molecule has 0 unspecified atom stereocenters. The Morgan fingerprint density at radius 3 is 2.58 bits per heavy atom. The van der Waals surface area contributed by atoms with Crippen molar-refractivity contribution in [2.45, 2.75) is 0 Å². The summed E-state index contributed by atoms with van der Waals surface area (Å²) < 4.78 is 7.60. The number of hydrogen-bond acceptors (Lipinski definition) is 3. The van der Waals surface area contributed by atoms with Gasteiger partial charge in [0.25, 0.3) is 0 Å². The largest absolute Gasteiger partial charge is 0.497 e. The molecular weight excluding hydrogens is 308 g/mol. The number of aromatic nitrogens is 2. The highest BCUT2D eigenvalue weighted by molar-refractivity contribution is 9.10. The zero-order valence-electron chi connectivity index (χ0n) is 10.6. The minimum atomic E-state index is -0.0595. The predicted molar refractivity (Wildman–Crippen MR) is 77.3 cm³/mol. The van der Waals surface area contributed by atoms with Crippen molar-refractivity contribution in [3.8, 4) is 5.75 Å². The monoisotopic (exact) mass is 320 g/mol. The van der Waals surface area contributed by atoms with Crippen molar-refractivity contribution in [3.05, 3.63) is 52.3 Å². The number of nitrogens with zero attached hydrogens (tertiary/aromatic N) is 2. The Balaban J connectivity index is 2.16. The van der Waals surface area contributed by atoms with E-state index in [9.17, 15) is 4.79 Å². The fraction of sp³-hybridized carbons (Fsp3) is 0.143. The Labute approximate surface area is 119 Å². The number of carbonyl (C=O) groups excluding carboxylic acids is 1. The number of ether oxygens (including phenoxy) is 1. The number of carbonyl (C=O) groups is 1. The van der Waals surface area contributed by atoms with Gasteiger partial charge in [-0.3, -0.25) is 9.48 Å². The highest BCUT2D eigenvalue weighted by Gasteiger charge is 2.05. The third-order valence-electron chi connectivity index (χ3n) is 2.70. The average Bonchev–Trinajstić information content (AvgIpc) is 2.75. The SMILES string of the molecule is COc1ccc(C(=O)/C=C/c2c(Br)cnn2C)cc1. The molecular formula is C14H13BrN2O2. The van der Waals surface area contributed by atoms with E-state index in [-0.39, 0.29) is 5.78 Å². The second-order valence-electron chi connectivity index (χ2n) is 3.93. The van der Waals surface area contributed by atoms with Gasteiger partial charge in [-0.15, -0.1) is 0 Å². The van der Waals surface area contributed by atoms with Gasteiger partial charge in [-0.2, -0.15) is 5.10 Å². The zero-order valence-corrected chi connectivity index (χ0v) is 12.2. The third kappa shape index (κ3) is 3.12. The summed E-state index contributed by atoms with van der Waals surface area (Å²) in [6.45, 7) is 0. The Kier molecular flexibility index (Phi) is 4.16. The topological polar surface area (TPSA) is 44.1 Å². The minimum Gasteiger partial charge on any atom is -0.497 e. The number of ketones is 1. The average molecular weight is 321 g/mol. The fourth-order valence-electron chi connectivity index (χ4n) is 1.61. The van der Waals surface area contributed by atoms with Crippen LogP contribution in [0.2, 0.25) is 0 Å². The molecule has 0 fully saturated rings. The summed E-state index contributed by atoms with van der Waals surface area (Å²) in [4.78, 5) is 12.0. The molecule has 0 radical (unpaired) electrons. The molecule has 2 rings (SSSR count). The number of aryl methyl sites for hydroxylation is 1. The van der Waals surface area contributed by atoms with Gasteiger partial charge in [0.2, 0.25) is 0 Å². The molecule has 0 aliphatic rings. The van der Waals surface area contributed by atoms with Crippen LogP contribution in [-0.2, 0) is 7.05 Å². The molecule has 4 nitrogen and oxygen atoms in total. The summed E-state index contributed by atoms with van der Waals surface area (Å²) in [5.41, 5.74) is 1.47. The van der Waals surface area contributed by atoms with Crippen LogP contribution in [0.25, 0.3) is 6.08 Å². The normalized spacial score (nSPS) is 10.9. The van der Waals surface area contributed by atoms with Crippen LogP contribution >= 0.6 is 15.9 Å². The van der Waals surface area contributed by atoms with Crippen molar-refractivity contribution in [1.29, 1.82) is 0 Å². The molecule has 0 bridgehead atoms. The van der Waals surface area contributed by atoms with E-state index in [2.05, 4.69) is 21.0 Å². The van der Waals surface area contributed by atoms with Gasteiger partial charge in [0.1, 0.15) is 5.75 Å². The van der Waals surface area contributed by atoms with Crippen LogP contribution in [0.1, 0.15) is 16.1 Å². The maximum Gasteiger partial charge on any atom is 0.185 e. The van der Waals surface area contributed by atoms with Crippen molar-refractivity contribution >= 4 is 27.8 Å². The van der Waals surface area contributed by atoms with Crippen LogP contribution in [-0.4, -0.2) is 22.7 Å². The Morgan fingerprint density at radius 2 is 2.05 bits per heavy atom. The van der Waals surface area contributed by atoms with Gasteiger partial charge < -0.3 is 4.74 Å². The van der Waals surface area contributed by atoms with E-state index in [4.69, 9.17) is 4.74 Å². The number of halogens is 1. The van der Waals surface area contributed by atoms with Crippen molar-refractivity contribution in [3.63, 3.8) is 0 Å². The summed E-state index contributed by atoms with van der Waals surface area (Å²) in [6.07, 6.45) is 4.96. The summed E-state index contributed by atoms with van der Waals surface area (Å²) in [5.74, 6) is 0.672. The maximum atomic E-state index is 12.0. The van der Waals surface area contributed by atoms with Crippen molar-refractivity contribution in [1.82, 2.24) is 9.78 Å². The standard InChI is InChI=1S/C14H13BrN2O2/c1-17-13(12(15)9-16-17)7-8-14(18)10-3-5-11(19-2)6-4-10/h3-9H,1-2H3/b8-7+. The Bertz CT molecular complexity index is 595. The predicted octanol–water partition coefficient (Wildman–Crippen LogP) is 3.09. The lowest BCUT2D eigenvalue weighted by Crippen LogP contribution is -1.96. The molecule has 0 saturated carbocycles. The molecule has 1 aromatic heterocycles. The van der Waals surface area contributed by atoms with Gasteiger partial charge in [0, 0.05) is 12.6 Å². The highest BCUT2D eigenvalue weighted by Crippen LogP contribution is 2.17. The molecule has 19 heavy (non-hydrogen) atoms. The van der Waals surface area contributed by atoms with Crippen molar-refractivity contribution < 1.29 is 9.53 Å². The highest BCUT2D eigenvalue weighted by atomic mass is 79.9. The molecule has 0 atom stereocenters. The number of hydrogen-bond donors (Lipinski definition) is 0. The molecule has 0 amide bonds. The van der Waals surface area contributed by atoms with E-state index in [1.807, 2.05) is 7.05 Å². The van der Waals surface area contributed by atoms with Crippen LogP contribution in [0.3, 0.4) is 0 Å². The zero-order chi connectivity index (χ0) is 13.8. The molecule has 1 heterocycles. The molecule has 5 heteroatoms. The number of allylic oxidation sites excluding steroid dienone is 1. The van der Waals surface area contributed by atoms with Crippen LogP contribution in [0.15, 0.2) is 41.0 Å². The summed E-state index contributed by atoms with van der Waals surface area (Å²) in [6, 6.07) is 7.01. The van der Waals surface area contributed by atoms with Gasteiger partial charge in [0.05, 0.1) is 23.5 Å². The first kappa shape index (κ1) is 13.5. The number of benzene rings is 1. The van der Waals surface area contributed by atoms with E-state index < -0.39 is 0 Å². The second-order valence-corrected chi connectivity index (χ2v) is 4.78. The number of rotatable bonds is 4. The molecule has 1 aromatic carbocycles. The third-order valence-corrected chi connectivity index (χ3v) is 3.32. The van der Waals surface area contributed by atoms with Crippen LogP contribution in [0.5, 0.6) is 5.75 Å². The van der Waals surface area contributed by atoms with Crippen LogP contribution in [0.4, 0.5) is 0 Å². The van der Waals surface area contributed by atoms with Gasteiger partial charge in [-0.1, -0.05) is 0 Å². The van der Waals surface area contributed by atoms with E-state index in [1.165, 1.54) is 6.08 Å². The molecule has 98 valence electrons. The molecule has 0 aliphatic heterocycles. The smallest absolute Gasteiger partial charge is 0.185 e. The van der Waals surface area contributed by atoms with Crippen molar-refractivity contribution in [2.75, 3.05) is 7.11 Å². The van der Waals surface area contributed by atoms with E-state index in [0.717, 1.165) is 15.9 Å². The van der Waals surface area contributed by atoms with Crippen LogP contribution < -0.4 is 4.74 Å². The lowest BCUT2D eigenvalue weighted by Gasteiger charge is -2.00. The van der Waals surface area contributed by atoms with Gasteiger partial charge in [0.15, 0.2) is 5.78 Å². The van der Waals surface area contributed by atoms with E-state index >= 15 is 0 Å². The Morgan fingerprint density at radius 1 is 1.37 bits per heavy atom. The molecule has 0 aliphatic carbocycles. The van der Waals surface area contributed by atoms with E-state index in [0.29, 0.717) is 5.56 Å². The molecule has 0 saturated heterocycles. The summed E-state index contributed by atoms with van der Waals surface area (Å²) >= 11 is 3.38. The lowest BCUT2D eigenvalue weighted by atomic mass is 10.1. The first-order valence-electron chi connectivity index (χ1n) is 5.66. The first-order chi connectivity index (χ1) is 9.11. The molecule has 2 aromatic rings. The Hall–Kier alpha value is -1.88. The summed E-state index contributed by atoms with van der Waals surface area (Å²) in [7, 11) is 3.42.